The first-order valence-corrected chi connectivity index (χ1v) is 13.1. The van der Waals surface area contributed by atoms with Crippen molar-refractivity contribution in [2.75, 3.05) is 23.9 Å². The van der Waals surface area contributed by atoms with Crippen LogP contribution >= 0.6 is 0 Å². The summed E-state index contributed by atoms with van der Waals surface area (Å²) in [5, 5.41) is 3.11. The van der Waals surface area contributed by atoms with Gasteiger partial charge in [0.25, 0.3) is 0 Å². The van der Waals surface area contributed by atoms with E-state index in [1.807, 2.05) is 0 Å². The van der Waals surface area contributed by atoms with Crippen LogP contribution in [0.25, 0.3) is 0 Å². The molecule has 3 N–H and O–H groups in total. The molecule has 4 bridgehead atoms. The summed E-state index contributed by atoms with van der Waals surface area (Å²) < 4.78 is 42.5. The van der Waals surface area contributed by atoms with Gasteiger partial charge in [0.1, 0.15) is 5.82 Å². The fourth-order valence-electron chi connectivity index (χ4n) is 7.02. The maximum absolute atomic E-state index is 13.5. The third-order valence-corrected chi connectivity index (χ3v) is 10.1. The van der Waals surface area contributed by atoms with Gasteiger partial charge < -0.3 is 11.1 Å². The van der Waals surface area contributed by atoms with Crippen LogP contribution in [0.15, 0.2) is 18.2 Å². The SMILES string of the molecule is Cc1cc(F)ccc1N1CCCN(CC(=O)NC2C3CC4CC2CC(C(N)=O)(C4)C3)S1(=O)=O. The van der Waals surface area contributed by atoms with Crippen molar-refractivity contribution in [3.05, 3.63) is 29.6 Å². The average Bonchev–Trinajstić information content (AvgIpc) is 2.72. The Morgan fingerprint density at radius 1 is 1.18 bits per heavy atom. The quantitative estimate of drug-likeness (QED) is 0.671. The number of rotatable bonds is 5. The van der Waals surface area contributed by atoms with Crippen LogP contribution in [0.2, 0.25) is 0 Å². The first kappa shape index (κ1) is 22.6. The Morgan fingerprint density at radius 3 is 2.52 bits per heavy atom. The van der Waals surface area contributed by atoms with Gasteiger partial charge >= 0.3 is 10.2 Å². The Balaban J connectivity index is 1.28. The Labute approximate surface area is 193 Å². The first-order chi connectivity index (χ1) is 15.6. The number of primary amides is 1. The molecule has 4 saturated carbocycles. The Hall–Kier alpha value is -2.20. The monoisotopic (exact) mass is 478 g/mol. The van der Waals surface area contributed by atoms with E-state index in [-0.39, 0.29) is 49.3 Å². The van der Waals surface area contributed by atoms with Crippen LogP contribution in [0, 0.1) is 35.9 Å². The van der Waals surface area contributed by atoms with E-state index in [0.29, 0.717) is 36.4 Å². The van der Waals surface area contributed by atoms with E-state index < -0.39 is 21.4 Å². The Morgan fingerprint density at radius 2 is 1.88 bits per heavy atom. The summed E-state index contributed by atoms with van der Waals surface area (Å²) >= 11 is 0. The van der Waals surface area contributed by atoms with Crippen molar-refractivity contribution in [2.24, 2.45) is 28.9 Å². The van der Waals surface area contributed by atoms with E-state index in [1.54, 1.807) is 6.92 Å². The molecule has 8 nitrogen and oxygen atoms in total. The molecule has 33 heavy (non-hydrogen) atoms. The van der Waals surface area contributed by atoms with E-state index >= 15 is 0 Å². The van der Waals surface area contributed by atoms with Crippen LogP contribution < -0.4 is 15.4 Å². The highest BCUT2D eigenvalue weighted by molar-refractivity contribution is 7.90. The van der Waals surface area contributed by atoms with E-state index in [0.717, 1.165) is 19.3 Å². The summed E-state index contributed by atoms with van der Waals surface area (Å²) in [6, 6.07) is 3.98. The maximum Gasteiger partial charge on any atom is 0.304 e. The zero-order valence-corrected chi connectivity index (χ0v) is 19.6. The number of anilines is 1. The largest absolute Gasteiger partial charge is 0.369 e. The van der Waals surface area contributed by atoms with Gasteiger partial charge in [0.2, 0.25) is 11.8 Å². The molecule has 1 aliphatic heterocycles. The van der Waals surface area contributed by atoms with Crippen LogP contribution in [-0.4, -0.2) is 50.2 Å². The molecule has 1 heterocycles. The number of benzene rings is 1. The first-order valence-electron chi connectivity index (χ1n) is 11.7. The molecule has 6 rings (SSSR count). The number of hydrogen-bond acceptors (Lipinski definition) is 4. The van der Waals surface area contributed by atoms with Crippen LogP contribution in [-0.2, 0) is 19.8 Å². The molecule has 180 valence electrons. The normalized spacial score (nSPS) is 34.9. The molecule has 2 atom stereocenters. The minimum Gasteiger partial charge on any atom is -0.369 e. The highest BCUT2D eigenvalue weighted by atomic mass is 32.2. The standard InChI is InChI=1S/C23H31FN4O4S/c1-14-7-18(24)3-4-19(14)28-6-2-5-27(33(28,31)32)13-20(29)26-21-16-8-15-9-17(21)12-23(10-15,11-16)22(25)30/h3-4,7,15-17,21H,2,5-6,8-13H2,1H3,(H2,25,30)(H,26,29). The summed E-state index contributed by atoms with van der Waals surface area (Å²) in [5.74, 6) is -0.0500. The zero-order chi connectivity index (χ0) is 23.5. The topological polar surface area (TPSA) is 113 Å². The number of hydrogen-bond donors (Lipinski definition) is 2. The second kappa shape index (κ2) is 7.94. The number of nitrogens with one attached hydrogen (secondary N) is 1. The van der Waals surface area contributed by atoms with Crippen molar-refractivity contribution < 1.29 is 22.4 Å². The molecule has 2 amide bonds. The smallest absolute Gasteiger partial charge is 0.304 e. The molecule has 1 aromatic carbocycles. The van der Waals surface area contributed by atoms with Gasteiger partial charge in [-0.05, 0) is 87.0 Å². The summed E-state index contributed by atoms with van der Waals surface area (Å²) in [7, 11) is -3.91. The molecule has 0 radical (unpaired) electrons. The van der Waals surface area contributed by atoms with Gasteiger partial charge in [-0.3, -0.25) is 13.9 Å². The van der Waals surface area contributed by atoms with Crippen molar-refractivity contribution in [1.29, 1.82) is 0 Å². The number of amides is 2. The zero-order valence-electron chi connectivity index (χ0n) is 18.8. The van der Waals surface area contributed by atoms with Gasteiger partial charge in [-0.15, -0.1) is 0 Å². The van der Waals surface area contributed by atoms with Gasteiger partial charge in [0.05, 0.1) is 12.2 Å². The summed E-state index contributed by atoms with van der Waals surface area (Å²) in [5.41, 5.74) is 6.28. The molecule has 1 aromatic rings. The Bertz CT molecular complexity index is 1080. The van der Waals surface area contributed by atoms with Crippen LogP contribution in [0.5, 0.6) is 0 Å². The maximum atomic E-state index is 13.5. The molecule has 2 unspecified atom stereocenters. The van der Waals surface area contributed by atoms with Gasteiger partial charge in [-0.2, -0.15) is 12.7 Å². The number of aryl methyl sites for hydroxylation is 1. The molecule has 1 saturated heterocycles. The Kier molecular flexibility index (Phi) is 5.43. The third kappa shape index (κ3) is 3.80. The van der Waals surface area contributed by atoms with Crippen LogP contribution in [0.3, 0.4) is 0 Å². The van der Waals surface area contributed by atoms with E-state index in [9.17, 15) is 22.4 Å². The number of nitrogens with two attached hydrogens (primary N) is 1. The summed E-state index contributed by atoms with van der Waals surface area (Å²) in [6.07, 6.45) is 4.81. The van der Waals surface area contributed by atoms with E-state index in [2.05, 4.69) is 5.32 Å². The highest BCUT2D eigenvalue weighted by Gasteiger charge is 2.58. The van der Waals surface area contributed by atoms with Crippen molar-refractivity contribution >= 4 is 27.7 Å². The minimum absolute atomic E-state index is 0.0375. The van der Waals surface area contributed by atoms with Gasteiger partial charge in [-0.25, -0.2) is 4.39 Å². The molecule has 5 fully saturated rings. The van der Waals surface area contributed by atoms with Crippen molar-refractivity contribution in [1.82, 2.24) is 9.62 Å². The third-order valence-electron chi connectivity index (χ3n) is 8.24. The van der Waals surface area contributed by atoms with Crippen LogP contribution in [0.4, 0.5) is 10.1 Å². The minimum atomic E-state index is -3.91. The molecular weight excluding hydrogens is 447 g/mol. The van der Waals surface area contributed by atoms with Crippen molar-refractivity contribution in [3.63, 3.8) is 0 Å². The summed E-state index contributed by atoms with van der Waals surface area (Å²) in [6.45, 7) is 1.97. The van der Waals surface area contributed by atoms with Gasteiger partial charge in [0.15, 0.2) is 0 Å². The second-order valence-corrected chi connectivity index (χ2v) is 12.3. The predicted molar refractivity (Wildman–Crippen MR) is 121 cm³/mol. The average molecular weight is 479 g/mol. The lowest BCUT2D eigenvalue weighted by Gasteiger charge is -2.58. The molecule has 0 aromatic heterocycles. The summed E-state index contributed by atoms with van der Waals surface area (Å²) in [4.78, 5) is 25.1. The number of carbonyl (C=O) groups is 2. The lowest BCUT2D eigenvalue weighted by atomic mass is 9.47. The number of halogens is 1. The molecule has 5 aliphatic rings. The van der Waals surface area contributed by atoms with Crippen molar-refractivity contribution in [3.8, 4) is 0 Å². The molecule has 10 heteroatoms. The fourth-order valence-corrected chi connectivity index (χ4v) is 8.75. The molecular formula is C23H31FN4O4S. The predicted octanol–water partition coefficient (Wildman–Crippen LogP) is 1.69. The fraction of sp³-hybridized carbons (Fsp3) is 0.652. The number of carbonyl (C=O) groups excluding carboxylic acids is 2. The lowest BCUT2D eigenvalue weighted by molar-refractivity contribution is -0.147. The molecule has 4 aliphatic carbocycles. The van der Waals surface area contributed by atoms with Crippen LogP contribution in [0.1, 0.15) is 44.1 Å². The number of nitrogens with zero attached hydrogens (tertiary/aromatic N) is 2. The van der Waals surface area contributed by atoms with E-state index in [4.69, 9.17) is 5.73 Å². The van der Waals surface area contributed by atoms with Gasteiger partial charge in [0, 0.05) is 24.5 Å². The lowest BCUT2D eigenvalue weighted by Crippen LogP contribution is -2.63. The van der Waals surface area contributed by atoms with Gasteiger partial charge in [-0.1, -0.05) is 0 Å². The highest BCUT2D eigenvalue weighted by Crippen LogP contribution is 2.59. The van der Waals surface area contributed by atoms with E-state index in [1.165, 1.54) is 26.8 Å². The van der Waals surface area contributed by atoms with Crippen molar-refractivity contribution in [2.45, 2.75) is 51.5 Å². The molecule has 0 spiro atoms. The second-order valence-electron chi connectivity index (χ2n) is 10.4.